The lowest BCUT2D eigenvalue weighted by molar-refractivity contribution is -0.137. The number of hydrogen-bond acceptors (Lipinski definition) is 3. The van der Waals surface area contributed by atoms with Gasteiger partial charge in [-0.2, -0.15) is 0 Å². The summed E-state index contributed by atoms with van der Waals surface area (Å²) in [5.41, 5.74) is 0. The van der Waals surface area contributed by atoms with Gasteiger partial charge in [-0.1, -0.05) is 20.8 Å². The SMILES string of the molecule is CCN1CCCC(NC(=O)N(CC(=O)O)CC(C)C)C1. The van der Waals surface area contributed by atoms with Crippen molar-refractivity contribution in [3.63, 3.8) is 0 Å². The van der Waals surface area contributed by atoms with Crippen molar-refractivity contribution >= 4 is 12.0 Å². The Morgan fingerprint density at radius 1 is 1.45 bits per heavy atom. The number of piperidine rings is 1. The van der Waals surface area contributed by atoms with E-state index in [-0.39, 0.29) is 24.5 Å². The van der Waals surface area contributed by atoms with Crippen LogP contribution in [0.25, 0.3) is 0 Å². The van der Waals surface area contributed by atoms with Gasteiger partial charge in [0.15, 0.2) is 0 Å². The minimum absolute atomic E-state index is 0.125. The summed E-state index contributed by atoms with van der Waals surface area (Å²) in [6.07, 6.45) is 2.03. The van der Waals surface area contributed by atoms with Gasteiger partial charge in [0.2, 0.25) is 0 Å². The molecule has 0 aliphatic carbocycles. The number of urea groups is 1. The van der Waals surface area contributed by atoms with Crippen molar-refractivity contribution in [2.45, 2.75) is 39.7 Å². The summed E-state index contributed by atoms with van der Waals surface area (Å²) in [5, 5.41) is 11.9. The van der Waals surface area contributed by atoms with Crippen LogP contribution in [0.4, 0.5) is 4.79 Å². The molecule has 1 saturated heterocycles. The number of nitrogens with zero attached hydrogens (tertiary/aromatic N) is 2. The molecule has 0 saturated carbocycles. The minimum Gasteiger partial charge on any atom is -0.480 e. The van der Waals surface area contributed by atoms with Gasteiger partial charge >= 0.3 is 12.0 Å². The number of carboxylic acid groups (broad SMARTS) is 1. The third-order valence-corrected chi connectivity index (χ3v) is 3.48. The lowest BCUT2D eigenvalue weighted by Gasteiger charge is -2.34. The average Bonchev–Trinajstić information content (AvgIpc) is 2.37. The summed E-state index contributed by atoms with van der Waals surface area (Å²) in [6, 6.07) is -0.135. The van der Waals surface area contributed by atoms with Gasteiger partial charge in [-0.25, -0.2) is 4.79 Å². The molecule has 0 aromatic rings. The van der Waals surface area contributed by atoms with Gasteiger partial charge in [0.25, 0.3) is 0 Å². The van der Waals surface area contributed by atoms with Crippen LogP contribution in [0, 0.1) is 5.92 Å². The van der Waals surface area contributed by atoms with Crippen molar-refractivity contribution in [3.8, 4) is 0 Å². The molecule has 1 heterocycles. The first-order chi connectivity index (χ1) is 9.42. The van der Waals surface area contributed by atoms with Crippen LogP contribution in [0.3, 0.4) is 0 Å². The summed E-state index contributed by atoms with van der Waals surface area (Å²) in [6.45, 7) is 9.19. The van der Waals surface area contributed by atoms with E-state index in [4.69, 9.17) is 5.11 Å². The Morgan fingerprint density at radius 2 is 2.15 bits per heavy atom. The standard InChI is InChI=1S/C14H27N3O3/c1-4-16-7-5-6-12(9-16)15-14(20)17(8-11(2)3)10-13(18)19/h11-12H,4-10H2,1-3H3,(H,15,20)(H,18,19). The zero-order valence-corrected chi connectivity index (χ0v) is 12.8. The summed E-state index contributed by atoms with van der Waals surface area (Å²) in [4.78, 5) is 26.8. The first-order valence-corrected chi connectivity index (χ1v) is 7.42. The molecule has 2 amide bonds. The number of carbonyl (C=O) groups excluding carboxylic acids is 1. The number of aliphatic carboxylic acids is 1. The maximum atomic E-state index is 12.2. The third-order valence-electron chi connectivity index (χ3n) is 3.48. The average molecular weight is 285 g/mol. The van der Waals surface area contributed by atoms with Gasteiger partial charge in [-0.3, -0.25) is 4.79 Å². The van der Waals surface area contributed by atoms with Gasteiger partial charge in [0, 0.05) is 19.1 Å². The summed E-state index contributed by atoms with van der Waals surface area (Å²) < 4.78 is 0. The molecule has 1 unspecified atom stereocenters. The molecule has 1 fully saturated rings. The van der Waals surface area contributed by atoms with E-state index in [9.17, 15) is 9.59 Å². The number of likely N-dealkylation sites (N-methyl/N-ethyl adjacent to an activating group) is 1. The molecule has 1 aliphatic rings. The maximum absolute atomic E-state index is 12.2. The van der Waals surface area contributed by atoms with Crippen LogP contribution in [-0.4, -0.2) is 65.7 Å². The number of nitrogens with one attached hydrogen (secondary N) is 1. The Balaban J connectivity index is 2.53. The number of amides is 2. The van der Waals surface area contributed by atoms with Crippen LogP contribution in [0.2, 0.25) is 0 Å². The number of likely N-dealkylation sites (tertiary alicyclic amines) is 1. The highest BCUT2D eigenvalue weighted by molar-refractivity contribution is 5.80. The zero-order valence-electron chi connectivity index (χ0n) is 12.8. The molecular weight excluding hydrogens is 258 g/mol. The quantitative estimate of drug-likeness (QED) is 0.769. The molecule has 6 heteroatoms. The highest BCUT2D eigenvalue weighted by atomic mass is 16.4. The Labute approximate surface area is 121 Å². The maximum Gasteiger partial charge on any atom is 0.323 e. The van der Waals surface area contributed by atoms with Crippen molar-refractivity contribution in [2.75, 3.05) is 32.7 Å². The lowest BCUT2D eigenvalue weighted by Crippen LogP contribution is -2.52. The largest absolute Gasteiger partial charge is 0.480 e. The fourth-order valence-corrected chi connectivity index (χ4v) is 2.55. The molecule has 0 bridgehead atoms. The van der Waals surface area contributed by atoms with Gasteiger partial charge < -0.3 is 20.2 Å². The minimum atomic E-state index is -0.973. The van der Waals surface area contributed by atoms with Crippen molar-refractivity contribution < 1.29 is 14.7 Å². The van der Waals surface area contributed by atoms with Crippen LogP contribution >= 0.6 is 0 Å². The van der Waals surface area contributed by atoms with Crippen LogP contribution in [0.5, 0.6) is 0 Å². The predicted octanol–water partition coefficient (Wildman–Crippen LogP) is 1.22. The Morgan fingerprint density at radius 3 is 2.70 bits per heavy atom. The van der Waals surface area contributed by atoms with E-state index in [0.29, 0.717) is 6.54 Å². The highest BCUT2D eigenvalue weighted by Crippen LogP contribution is 2.10. The Hall–Kier alpha value is -1.30. The number of carbonyl (C=O) groups is 2. The second-order valence-electron chi connectivity index (χ2n) is 5.85. The third kappa shape index (κ3) is 5.77. The number of hydrogen-bond donors (Lipinski definition) is 2. The molecule has 6 nitrogen and oxygen atoms in total. The summed E-state index contributed by atoms with van der Waals surface area (Å²) in [5.74, 6) is -0.724. The molecule has 0 radical (unpaired) electrons. The normalized spacial score (nSPS) is 19.9. The first-order valence-electron chi connectivity index (χ1n) is 7.42. The van der Waals surface area contributed by atoms with Crippen molar-refractivity contribution in [3.05, 3.63) is 0 Å². The van der Waals surface area contributed by atoms with Crippen molar-refractivity contribution in [2.24, 2.45) is 5.92 Å². The number of carboxylic acids is 1. The Kier molecular flexibility index (Phi) is 6.78. The molecule has 0 spiro atoms. The zero-order chi connectivity index (χ0) is 15.1. The van der Waals surface area contributed by atoms with Crippen LogP contribution in [0.15, 0.2) is 0 Å². The molecule has 2 N–H and O–H groups in total. The van der Waals surface area contributed by atoms with E-state index in [1.165, 1.54) is 4.90 Å². The van der Waals surface area contributed by atoms with Gasteiger partial charge in [0.05, 0.1) is 0 Å². The molecule has 0 aromatic carbocycles. The molecular formula is C14H27N3O3. The second kappa shape index (κ2) is 8.09. The van der Waals surface area contributed by atoms with Gasteiger partial charge in [-0.15, -0.1) is 0 Å². The molecule has 1 aliphatic heterocycles. The smallest absolute Gasteiger partial charge is 0.323 e. The van der Waals surface area contributed by atoms with Crippen molar-refractivity contribution in [1.82, 2.24) is 15.1 Å². The van der Waals surface area contributed by atoms with E-state index < -0.39 is 5.97 Å². The second-order valence-corrected chi connectivity index (χ2v) is 5.85. The van der Waals surface area contributed by atoms with E-state index in [0.717, 1.165) is 32.5 Å². The van der Waals surface area contributed by atoms with E-state index in [1.807, 2.05) is 13.8 Å². The molecule has 116 valence electrons. The van der Waals surface area contributed by atoms with Gasteiger partial charge in [-0.05, 0) is 31.8 Å². The fraction of sp³-hybridized carbons (Fsp3) is 0.857. The van der Waals surface area contributed by atoms with Gasteiger partial charge in [0.1, 0.15) is 6.54 Å². The van der Waals surface area contributed by atoms with E-state index in [1.54, 1.807) is 0 Å². The topological polar surface area (TPSA) is 72.9 Å². The molecule has 0 aromatic heterocycles. The first kappa shape index (κ1) is 16.8. The van der Waals surface area contributed by atoms with Crippen LogP contribution in [-0.2, 0) is 4.79 Å². The number of rotatable bonds is 6. The molecule has 1 rings (SSSR count). The van der Waals surface area contributed by atoms with Crippen LogP contribution in [0.1, 0.15) is 33.6 Å². The van der Waals surface area contributed by atoms with Crippen molar-refractivity contribution in [1.29, 1.82) is 0 Å². The van der Waals surface area contributed by atoms with Crippen LogP contribution < -0.4 is 5.32 Å². The fourth-order valence-electron chi connectivity index (χ4n) is 2.55. The van der Waals surface area contributed by atoms with E-state index >= 15 is 0 Å². The van der Waals surface area contributed by atoms with E-state index in [2.05, 4.69) is 17.1 Å². The summed E-state index contributed by atoms with van der Waals surface area (Å²) >= 11 is 0. The monoisotopic (exact) mass is 285 g/mol. The summed E-state index contributed by atoms with van der Waals surface area (Å²) in [7, 11) is 0. The Bertz CT molecular complexity index is 334. The molecule has 20 heavy (non-hydrogen) atoms. The lowest BCUT2D eigenvalue weighted by atomic mass is 10.1. The predicted molar refractivity (Wildman–Crippen MR) is 77.7 cm³/mol. The molecule has 1 atom stereocenters. The highest BCUT2D eigenvalue weighted by Gasteiger charge is 2.24.